The molecule has 2 aromatic carbocycles. The van der Waals surface area contributed by atoms with Crippen LogP contribution in [0.15, 0.2) is 42.5 Å². The van der Waals surface area contributed by atoms with Crippen LogP contribution in [0.5, 0.6) is 5.75 Å². The molecule has 100 valence electrons. The molecule has 0 aliphatic heterocycles. The van der Waals surface area contributed by atoms with Crippen molar-refractivity contribution in [2.24, 2.45) is 0 Å². The Balaban J connectivity index is 2.18. The van der Waals surface area contributed by atoms with E-state index in [2.05, 4.69) is 5.32 Å². The first-order chi connectivity index (χ1) is 9.10. The van der Waals surface area contributed by atoms with Gasteiger partial charge in [0.2, 0.25) is 0 Å². The van der Waals surface area contributed by atoms with Gasteiger partial charge in [-0.15, -0.1) is 0 Å². The fraction of sp³-hybridized carbons (Fsp3) is 0.250. The lowest BCUT2D eigenvalue weighted by Gasteiger charge is -2.17. The van der Waals surface area contributed by atoms with Crippen LogP contribution in [-0.2, 0) is 0 Å². The fourth-order valence-corrected chi connectivity index (χ4v) is 2.05. The number of benzene rings is 2. The first-order valence-corrected chi connectivity index (χ1v) is 6.27. The summed E-state index contributed by atoms with van der Waals surface area (Å²) in [6, 6.07) is 12.9. The van der Waals surface area contributed by atoms with E-state index in [4.69, 9.17) is 4.74 Å². The highest BCUT2D eigenvalue weighted by atomic mass is 19.1. The Labute approximate surface area is 113 Å². The van der Waals surface area contributed by atoms with Gasteiger partial charge in [0.25, 0.3) is 0 Å². The number of hydrogen-bond acceptors (Lipinski definition) is 2. The number of ether oxygens (including phenoxy) is 1. The number of methoxy groups -OCH3 is 1. The minimum absolute atomic E-state index is 0.104. The molecule has 0 saturated carbocycles. The Bertz CT molecular complexity index is 568. The molecule has 0 heterocycles. The van der Waals surface area contributed by atoms with Gasteiger partial charge in [0.1, 0.15) is 11.6 Å². The summed E-state index contributed by atoms with van der Waals surface area (Å²) in [5.41, 5.74) is 2.79. The summed E-state index contributed by atoms with van der Waals surface area (Å²) >= 11 is 0. The molecule has 1 N–H and O–H groups in total. The third-order valence-electron chi connectivity index (χ3n) is 3.08. The molecule has 0 aromatic heterocycles. The molecular weight excluding hydrogens is 241 g/mol. The van der Waals surface area contributed by atoms with E-state index in [-0.39, 0.29) is 11.9 Å². The first kappa shape index (κ1) is 13.4. The van der Waals surface area contributed by atoms with Gasteiger partial charge in [0.15, 0.2) is 0 Å². The monoisotopic (exact) mass is 259 g/mol. The molecular formula is C16H18FNO. The Morgan fingerprint density at radius 3 is 2.58 bits per heavy atom. The van der Waals surface area contributed by atoms with E-state index in [0.717, 1.165) is 5.69 Å². The van der Waals surface area contributed by atoms with Gasteiger partial charge in [-0.3, -0.25) is 0 Å². The van der Waals surface area contributed by atoms with Crippen molar-refractivity contribution in [2.75, 3.05) is 12.4 Å². The minimum Gasteiger partial charge on any atom is -0.497 e. The predicted octanol–water partition coefficient (Wildman–Crippen LogP) is 4.32. The molecule has 1 unspecified atom stereocenters. The quantitative estimate of drug-likeness (QED) is 0.883. The maximum atomic E-state index is 13.9. The average molecular weight is 259 g/mol. The van der Waals surface area contributed by atoms with Crippen molar-refractivity contribution in [1.29, 1.82) is 0 Å². The number of halogens is 1. The number of hydrogen-bond donors (Lipinski definition) is 1. The van der Waals surface area contributed by atoms with E-state index in [1.165, 1.54) is 18.7 Å². The first-order valence-electron chi connectivity index (χ1n) is 6.27. The molecule has 1 atom stereocenters. The van der Waals surface area contributed by atoms with E-state index in [1.54, 1.807) is 12.1 Å². The van der Waals surface area contributed by atoms with Gasteiger partial charge in [0, 0.05) is 17.3 Å². The van der Waals surface area contributed by atoms with E-state index >= 15 is 0 Å². The van der Waals surface area contributed by atoms with E-state index in [1.807, 2.05) is 38.1 Å². The van der Waals surface area contributed by atoms with Gasteiger partial charge in [0.05, 0.1) is 13.2 Å². The molecule has 2 rings (SSSR count). The number of nitrogens with one attached hydrogen (secondary N) is 1. The maximum absolute atomic E-state index is 13.9. The highest BCUT2D eigenvalue weighted by Gasteiger charge is 2.11. The Kier molecular flexibility index (Phi) is 4.05. The van der Waals surface area contributed by atoms with Crippen LogP contribution in [0.4, 0.5) is 10.1 Å². The van der Waals surface area contributed by atoms with Gasteiger partial charge >= 0.3 is 0 Å². The standard InChI is InChI=1S/C16H18FNO/c1-11-5-4-6-13(9-11)18-12(2)15-8-7-14(19-3)10-16(15)17/h4-10,12,18H,1-3H3. The molecule has 2 nitrogen and oxygen atoms in total. The van der Waals surface area contributed by atoms with E-state index < -0.39 is 0 Å². The van der Waals surface area contributed by atoms with Crippen molar-refractivity contribution in [3.63, 3.8) is 0 Å². The molecule has 2 aromatic rings. The molecule has 0 saturated heterocycles. The van der Waals surface area contributed by atoms with Crippen LogP contribution >= 0.6 is 0 Å². The molecule has 0 spiro atoms. The Morgan fingerprint density at radius 2 is 1.95 bits per heavy atom. The zero-order chi connectivity index (χ0) is 13.8. The normalized spacial score (nSPS) is 12.0. The topological polar surface area (TPSA) is 21.3 Å². The van der Waals surface area contributed by atoms with Crippen molar-refractivity contribution in [3.8, 4) is 5.75 Å². The Morgan fingerprint density at radius 1 is 1.16 bits per heavy atom. The second-order valence-corrected chi connectivity index (χ2v) is 4.62. The van der Waals surface area contributed by atoms with Gasteiger partial charge < -0.3 is 10.1 Å². The van der Waals surface area contributed by atoms with Gasteiger partial charge in [-0.25, -0.2) is 4.39 Å². The lowest BCUT2D eigenvalue weighted by Crippen LogP contribution is -2.08. The summed E-state index contributed by atoms with van der Waals surface area (Å²) in [4.78, 5) is 0. The molecule has 3 heteroatoms. The van der Waals surface area contributed by atoms with Gasteiger partial charge in [-0.2, -0.15) is 0 Å². The minimum atomic E-state index is -0.257. The maximum Gasteiger partial charge on any atom is 0.132 e. The molecule has 0 bridgehead atoms. The van der Waals surface area contributed by atoms with E-state index in [0.29, 0.717) is 11.3 Å². The van der Waals surface area contributed by atoms with Crippen LogP contribution in [0.2, 0.25) is 0 Å². The zero-order valence-corrected chi connectivity index (χ0v) is 11.4. The van der Waals surface area contributed by atoms with Crippen LogP contribution < -0.4 is 10.1 Å². The number of anilines is 1. The van der Waals surface area contributed by atoms with Gasteiger partial charge in [-0.1, -0.05) is 18.2 Å². The number of aryl methyl sites for hydroxylation is 1. The molecule has 0 amide bonds. The summed E-state index contributed by atoms with van der Waals surface area (Å²) in [5, 5.41) is 3.30. The van der Waals surface area contributed by atoms with Gasteiger partial charge in [-0.05, 0) is 37.6 Å². The third-order valence-corrected chi connectivity index (χ3v) is 3.08. The molecule has 0 fully saturated rings. The fourth-order valence-electron chi connectivity index (χ4n) is 2.05. The highest BCUT2D eigenvalue weighted by Crippen LogP contribution is 2.25. The highest BCUT2D eigenvalue weighted by molar-refractivity contribution is 5.47. The van der Waals surface area contributed by atoms with Crippen molar-refractivity contribution < 1.29 is 9.13 Å². The zero-order valence-electron chi connectivity index (χ0n) is 11.4. The molecule has 0 aliphatic carbocycles. The second kappa shape index (κ2) is 5.74. The smallest absolute Gasteiger partial charge is 0.132 e. The number of rotatable bonds is 4. The van der Waals surface area contributed by atoms with Crippen molar-refractivity contribution in [2.45, 2.75) is 19.9 Å². The second-order valence-electron chi connectivity index (χ2n) is 4.62. The molecule has 0 aliphatic rings. The average Bonchev–Trinajstić information content (AvgIpc) is 2.38. The van der Waals surface area contributed by atoms with Crippen LogP contribution in [0.3, 0.4) is 0 Å². The predicted molar refractivity (Wildman–Crippen MR) is 76.2 cm³/mol. The largest absolute Gasteiger partial charge is 0.497 e. The SMILES string of the molecule is COc1ccc(C(C)Nc2cccc(C)c2)c(F)c1. The summed E-state index contributed by atoms with van der Waals surface area (Å²) in [5.74, 6) is 0.274. The lowest BCUT2D eigenvalue weighted by molar-refractivity contribution is 0.410. The summed E-state index contributed by atoms with van der Waals surface area (Å²) in [6.07, 6.45) is 0. The van der Waals surface area contributed by atoms with Crippen LogP contribution in [-0.4, -0.2) is 7.11 Å². The molecule has 19 heavy (non-hydrogen) atoms. The van der Waals surface area contributed by atoms with Crippen molar-refractivity contribution >= 4 is 5.69 Å². The van der Waals surface area contributed by atoms with E-state index in [9.17, 15) is 4.39 Å². The van der Waals surface area contributed by atoms with Crippen molar-refractivity contribution in [3.05, 3.63) is 59.4 Å². The summed E-state index contributed by atoms with van der Waals surface area (Å²) < 4.78 is 19.0. The lowest BCUT2D eigenvalue weighted by atomic mass is 10.1. The van der Waals surface area contributed by atoms with Crippen LogP contribution in [0, 0.1) is 12.7 Å². The third kappa shape index (κ3) is 3.25. The van der Waals surface area contributed by atoms with Crippen LogP contribution in [0.25, 0.3) is 0 Å². The van der Waals surface area contributed by atoms with Crippen LogP contribution in [0.1, 0.15) is 24.1 Å². The molecule has 0 radical (unpaired) electrons. The Hall–Kier alpha value is -2.03. The summed E-state index contributed by atoms with van der Waals surface area (Å²) in [6.45, 7) is 3.97. The summed E-state index contributed by atoms with van der Waals surface area (Å²) in [7, 11) is 1.53. The van der Waals surface area contributed by atoms with Crippen molar-refractivity contribution in [1.82, 2.24) is 0 Å².